The molecule has 0 bridgehead atoms. The van der Waals surface area contributed by atoms with Crippen LogP contribution in [0.15, 0.2) is 54.9 Å². The molecule has 2 rings (SSSR count). The molecule has 0 saturated heterocycles. The summed E-state index contributed by atoms with van der Waals surface area (Å²) in [6.45, 7) is 4.67. The van der Waals surface area contributed by atoms with E-state index in [1.165, 1.54) is 0 Å². The van der Waals surface area contributed by atoms with Gasteiger partial charge in [-0.05, 0) is 29.7 Å². The normalized spacial score (nSPS) is 12.5. The number of aliphatic hydroxyl groups is 1. The highest BCUT2D eigenvalue weighted by atomic mass is 16.3. The third-order valence-electron chi connectivity index (χ3n) is 4.08. The number of benzene rings is 1. The van der Waals surface area contributed by atoms with Crippen LogP contribution in [0, 0.1) is 0 Å². The minimum Gasteiger partial charge on any atom is -0.396 e. The minimum atomic E-state index is -0.237. The molecule has 3 N–H and O–H groups in total. The number of nitrogens with one attached hydrogen (secondary N) is 2. The lowest BCUT2D eigenvalue weighted by Gasteiger charge is -2.26. The Balaban J connectivity index is 1.94. The number of rotatable bonds is 7. The predicted molar refractivity (Wildman–Crippen MR) is 94.7 cm³/mol. The second kappa shape index (κ2) is 8.45. The zero-order chi connectivity index (χ0) is 17.4. The van der Waals surface area contributed by atoms with Crippen molar-refractivity contribution in [2.45, 2.75) is 31.7 Å². The number of aliphatic hydroxyl groups excluding tert-OH is 1. The Hall–Kier alpha value is -2.40. The quantitative estimate of drug-likeness (QED) is 0.732. The highest BCUT2D eigenvalue weighted by molar-refractivity contribution is 5.74. The van der Waals surface area contributed by atoms with Gasteiger partial charge in [-0.2, -0.15) is 0 Å². The first-order valence-electron chi connectivity index (χ1n) is 8.13. The molecule has 1 heterocycles. The lowest BCUT2D eigenvalue weighted by atomic mass is 9.85. The van der Waals surface area contributed by atoms with Gasteiger partial charge in [-0.1, -0.05) is 44.2 Å². The van der Waals surface area contributed by atoms with Crippen LogP contribution in [-0.4, -0.2) is 29.3 Å². The molecule has 2 amide bonds. The summed E-state index contributed by atoms with van der Waals surface area (Å²) in [6, 6.07) is 13.1. The monoisotopic (exact) mass is 327 g/mol. The average Bonchev–Trinajstić information content (AvgIpc) is 2.61. The van der Waals surface area contributed by atoms with E-state index >= 15 is 0 Å². The Kier molecular flexibility index (Phi) is 6.32. The van der Waals surface area contributed by atoms with Crippen LogP contribution < -0.4 is 10.6 Å². The van der Waals surface area contributed by atoms with Crippen molar-refractivity contribution in [3.63, 3.8) is 0 Å². The topological polar surface area (TPSA) is 74.2 Å². The van der Waals surface area contributed by atoms with Crippen molar-refractivity contribution in [3.05, 3.63) is 66.0 Å². The van der Waals surface area contributed by atoms with Crippen LogP contribution in [0.1, 0.15) is 37.4 Å². The molecule has 5 heteroatoms. The van der Waals surface area contributed by atoms with Gasteiger partial charge in [0, 0.05) is 31.0 Å². The van der Waals surface area contributed by atoms with Gasteiger partial charge in [-0.15, -0.1) is 0 Å². The molecular weight excluding hydrogens is 302 g/mol. The fourth-order valence-corrected chi connectivity index (χ4v) is 2.55. The van der Waals surface area contributed by atoms with E-state index in [-0.39, 0.29) is 24.1 Å². The Bertz CT molecular complexity index is 630. The molecule has 0 aliphatic carbocycles. The lowest BCUT2D eigenvalue weighted by molar-refractivity contribution is 0.227. The van der Waals surface area contributed by atoms with Crippen molar-refractivity contribution in [3.8, 4) is 0 Å². The van der Waals surface area contributed by atoms with Gasteiger partial charge in [0.2, 0.25) is 0 Å². The molecule has 1 aromatic heterocycles. The molecule has 5 nitrogen and oxygen atoms in total. The maximum atomic E-state index is 12.3. The largest absolute Gasteiger partial charge is 0.396 e. The zero-order valence-corrected chi connectivity index (χ0v) is 14.2. The number of amides is 2. The molecule has 1 aromatic carbocycles. The SMILES string of the molecule is CC(C)(CNC(=O)N[C@H](CCO)c1ccccc1)c1ccncc1. The third-order valence-corrected chi connectivity index (χ3v) is 4.08. The summed E-state index contributed by atoms with van der Waals surface area (Å²) in [5.74, 6) is 0. The smallest absolute Gasteiger partial charge is 0.315 e. The molecule has 0 aliphatic rings. The van der Waals surface area contributed by atoms with Gasteiger partial charge < -0.3 is 15.7 Å². The second-order valence-corrected chi connectivity index (χ2v) is 6.42. The van der Waals surface area contributed by atoms with Crippen LogP contribution in [0.4, 0.5) is 4.79 Å². The number of aromatic nitrogens is 1. The van der Waals surface area contributed by atoms with Gasteiger partial charge >= 0.3 is 6.03 Å². The summed E-state index contributed by atoms with van der Waals surface area (Å²) in [4.78, 5) is 16.3. The van der Waals surface area contributed by atoms with E-state index in [9.17, 15) is 9.90 Å². The Labute approximate surface area is 143 Å². The Morgan fingerprint density at radius 1 is 1.17 bits per heavy atom. The van der Waals surface area contributed by atoms with Crippen molar-refractivity contribution in [2.75, 3.05) is 13.2 Å². The van der Waals surface area contributed by atoms with E-state index in [2.05, 4.69) is 29.5 Å². The number of nitrogens with zero attached hydrogens (tertiary/aromatic N) is 1. The van der Waals surface area contributed by atoms with E-state index in [4.69, 9.17) is 0 Å². The summed E-state index contributed by atoms with van der Waals surface area (Å²) in [6.07, 6.45) is 3.98. The highest BCUT2D eigenvalue weighted by Gasteiger charge is 2.22. The summed E-state index contributed by atoms with van der Waals surface area (Å²) >= 11 is 0. The first-order valence-corrected chi connectivity index (χ1v) is 8.13. The highest BCUT2D eigenvalue weighted by Crippen LogP contribution is 2.21. The van der Waals surface area contributed by atoms with Crippen LogP contribution in [0.3, 0.4) is 0 Å². The average molecular weight is 327 g/mol. The Morgan fingerprint density at radius 2 is 1.83 bits per heavy atom. The molecule has 128 valence electrons. The van der Waals surface area contributed by atoms with Crippen LogP contribution in [0.5, 0.6) is 0 Å². The maximum absolute atomic E-state index is 12.3. The minimum absolute atomic E-state index is 0.0162. The van der Waals surface area contributed by atoms with Crippen molar-refractivity contribution >= 4 is 6.03 Å². The van der Waals surface area contributed by atoms with Crippen molar-refractivity contribution in [1.82, 2.24) is 15.6 Å². The molecule has 2 aromatic rings. The van der Waals surface area contributed by atoms with Crippen molar-refractivity contribution < 1.29 is 9.90 Å². The molecule has 0 saturated carbocycles. The van der Waals surface area contributed by atoms with Crippen molar-refractivity contribution in [2.24, 2.45) is 0 Å². The molecule has 0 fully saturated rings. The Morgan fingerprint density at radius 3 is 2.46 bits per heavy atom. The molecular formula is C19H25N3O2. The first kappa shape index (κ1) is 17.9. The molecule has 0 radical (unpaired) electrons. The fourth-order valence-electron chi connectivity index (χ4n) is 2.55. The molecule has 1 atom stereocenters. The van der Waals surface area contributed by atoms with Gasteiger partial charge in [0.15, 0.2) is 0 Å². The number of carbonyl (C=O) groups is 1. The molecule has 24 heavy (non-hydrogen) atoms. The van der Waals surface area contributed by atoms with Gasteiger partial charge in [-0.3, -0.25) is 4.98 Å². The maximum Gasteiger partial charge on any atom is 0.315 e. The molecule has 0 spiro atoms. The van der Waals surface area contributed by atoms with Crippen LogP contribution in [0.2, 0.25) is 0 Å². The third kappa shape index (κ3) is 5.06. The lowest BCUT2D eigenvalue weighted by Crippen LogP contribution is -2.43. The van der Waals surface area contributed by atoms with Crippen LogP contribution in [-0.2, 0) is 5.41 Å². The van der Waals surface area contributed by atoms with E-state index in [0.29, 0.717) is 13.0 Å². The number of hydrogen-bond acceptors (Lipinski definition) is 3. The number of urea groups is 1. The van der Waals surface area contributed by atoms with E-state index in [1.807, 2.05) is 42.5 Å². The van der Waals surface area contributed by atoms with Gasteiger partial charge in [-0.25, -0.2) is 4.79 Å². The van der Waals surface area contributed by atoms with Gasteiger partial charge in [0.05, 0.1) is 6.04 Å². The van der Waals surface area contributed by atoms with E-state index in [1.54, 1.807) is 12.4 Å². The fraction of sp³-hybridized carbons (Fsp3) is 0.368. The first-order chi connectivity index (χ1) is 11.5. The summed E-state index contributed by atoms with van der Waals surface area (Å²) in [7, 11) is 0. The predicted octanol–water partition coefficient (Wildman–Crippen LogP) is 2.78. The second-order valence-electron chi connectivity index (χ2n) is 6.42. The van der Waals surface area contributed by atoms with Crippen LogP contribution >= 0.6 is 0 Å². The standard InChI is InChI=1S/C19H25N3O2/c1-19(2,16-8-11-20-12-9-16)14-21-18(24)22-17(10-13-23)15-6-4-3-5-7-15/h3-9,11-12,17,23H,10,13-14H2,1-2H3,(H2,21,22,24)/t17-/m1/s1. The molecule has 0 unspecified atom stereocenters. The molecule has 0 aliphatic heterocycles. The van der Waals surface area contributed by atoms with E-state index < -0.39 is 0 Å². The number of pyridine rings is 1. The van der Waals surface area contributed by atoms with Crippen molar-refractivity contribution in [1.29, 1.82) is 0 Å². The van der Waals surface area contributed by atoms with E-state index in [0.717, 1.165) is 11.1 Å². The summed E-state index contributed by atoms with van der Waals surface area (Å²) in [5, 5.41) is 15.1. The zero-order valence-electron chi connectivity index (χ0n) is 14.2. The van der Waals surface area contributed by atoms with Crippen LogP contribution in [0.25, 0.3) is 0 Å². The van der Waals surface area contributed by atoms with Gasteiger partial charge in [0.25, 0.3) is 0 Å². The number of carbonyl (C=O) groups excluding carboxylic acids is 1. The number of hydrogen-bond donors (Lipinski definition) is 3. The summed E-state index contributed by atoms with van der Waals surface area (Å²) < 4.78 is 0. The summed E-state index contributed by atoms with van der Waals surface area (Å²) in [5.41, 5.74) is 1.90. The van der Waals surface area contributed by atoms with Gasteiger partial charge in [0.1, 0.15) is 0 Å².